The van der Waals surface area contributed by atoms with Crippen molar-refractivity contribution in [1.82, 2.24) is 10.3 Å². The molecule has 0 aliphatic rings. The number of carbonyl (C=O) groups is 1. The number of carbonyl (C=O) groups excluding carboxylic acids is 1. The van der Waals surface area contributed by atoms with Gasteiger partial charge in [0.05, 0.1) is 11.3 Å². The van der Waals surface area contributed by atoms with Crippen molar-refractivity contribution < 1.29 is 22.4 Å². The van der Waals surface area contributed by atoms with Crippen molar-refractivity contribution in [2.45, 2.75) is 25.4 Å². The molecule has 2 heterocycles. The van der Waals surface area contributed by atoms with Gasteiger partial charge in [0.15, 0.2) is 5.69 Å². The van der Waals surface area contributed by atoms with Crippen molar-refractivity contribution >= 4 is 17.2 Å². The Balaban J connectivity index is 1.69. The molecule has 0 bridgehead atoms. The van der Waals surface area contributed by atoms with Crippen LogP contribution in [0, 0.1) is 0 Å². The Hall–Kier alpha value is -1.83. The zero-order valence-electron chi connectivity index (χ0n) is 10.9. The van der Waals surface area contributed by atoms with E-state index in [1.54, 1.807) is 12.1 Å². The summed E-state index contributed by atoms with van der Waals surface area (Å²) in [6.45, 7) is 0.266. The highest BCUT2D eigenvalue weighted by molar-refractivity contribution is 7.09. The monoisotopic (exact) mass is 318 g/mol. The van der Waals surface area contributed by atoms with E-state index in [9.17, 15) is 18.0 Å². The summed E-state index contributed by atoms with van der Waals surface area (Å²) in [7, 11) is 0. The molecule has 0 aliphatic heterocycles. The van der Waals surface area contributed by atoms with Gasteiger partial charge in [-0.2, -0.15) is 13.2 Å². The summed E-state index contributed by atoms with van der Waals surface area (Å²) in [4.78, 5) is 15.0. The van der Waals surface area contributed by atoms with E-state index in [0.717, 1.165) is 22.5 Å². The van der Waals surface area contributed by atoms with E-state index in [4.69, 9.17) is 4.42 Å². The molecule has 8 heteroatoms. The van der Waals surface area contributed by atoms with Crippen molar-refractivity contribution in [3.63, 3.8) is 0 Å². The molecule has 114 valence electrons. The smallest absolute Gasteiger partial charge is 0.434 e. The summed E-state index contributed by atoms with van der Waals surface area (Å²) in [6.07, 6.45) is -1.82. The van der Waals surface area contributed by atoms with Crippen LogP contribution < -0.4 is 5.32 Å². The number of furan rings is 1. The Labute approximate surface area is 123 Å². The van der Waals surface area contributed by atoms with Crippen LogP contribution in [0.2, 0.25) is 0 Å². The zero-order valence-corrected chi connectivity index (χ0v) is 11.8. The number of nitrogens with one attached hydrogen (secondary N) is 1. The standard InChI is InChI=1S/C13H13F3N2O2S/c14-13(15,16)10-8-21-12(18-10)5-6-17-11(19)4-3-9-2-1-7-20-9/h1-2,7-8H,3-6H2,(H,17,19). The lowest BCUT2D eigenvalue weighted by Crippen LogP contribution is -2.25. The molecule has 0 fully saturated rings. The first-order valence-electron chi connectivity index (χ1n) is 6.26. The van der Waals surface area contributed by atoms with Gasteiger partial charge in [0, 0.05) is 31.2 Å². The third-order valence-electron chi connectivity index (χ3n) is 2.68. The Kier molecular flexibility index (Phi) is 5.00. The highest BCUT2D eigenvalue weighted by Crippen LogP contribution is 2.29. The molecule has 1 amide bonds. The third-order valence-corrected chi connectivity index (χ3v) is 3.59. The fourth-order valence-electron chi connectivity index (χ4n) is 1.64. The number of alkyl halides is 3. The summed E-state index contributed by atoms with van der Waals surface area (Å²) in [5.74, 6) is 0.555. The van der Waals surface area contributed by atoms with Crippen molar-refractivity contribution in [1.29, 1.82) is 0 Å². The molecule has 0 aliphatic carbocycles. The molecule has 0 unspecified atom stereocenters. The van der Waals surface area contributed by atoms with E-state index in [2.05, 4.69) is 10.3 Å². The molecule has 0 aromatic carbocycles. The molecule has 0 radical (unpaired) electrons. The summed E-state index contributed by atoms with van der Waals surface area (Å²) >= 11 is 0.942. The summed E-state index contributed by atoms with van der Waals surface area (Å²) < 4.78 is 42.2. The van der Waals surface area contributed by atoms with Gasteiger partial charge in [0.25, 0.3) is 0 Å². The van der Waals surface area contributed by atoms with Gasteiger partial charge in [-0.05, 0) is 12.1 Å². The molecule has 0 atom stereocenters. The predicted molar refractivity (Wildman–Crippen MR) is 70.9 cm³/mol. The van der Waals surface area contributed by atoms with Gasteiger partial charge in [0.2, 0.25) is 5.91 Å². The fourth-order valence-corrected chi connectivity index (χ4v) is 2.45. The van der Waals surface area contributed by atoms with Crippen LogP contribution in [0.15, 0.2) is 28.2 Å². The largest absolute Gasteiger partial charge is 0.469 e. The first-order valence-corrected chi connectivity index (χ1v) is 7.14. The van der Waals surface area contributed by atoms with Crippen molar-refractivity contribution in [2.24, 2.45) is 0 Å². The Morgan fingerprint density at radius 3 is 2.81 bits per heavy atom. The van der Waals surface area contributed by atoms with Crippen LogP contribution in [-0.2, 0) is 23.8 Å². The number of amides is 1. The Bertz CT molecular complexity index is 579. The van der Waals surface area contributed by atoms with Crippen LogP contribution in [0.25, 0.3) is 0 Å². The molecule has 2 rings (SSSR count). The van der Waals surface area contributed by atoms with E-state index in [-0.39, 0.29) is 25.3 Å². The van der Waals surface area contributed by atoms with Gasteiger partial charge in [-0.15, -0.1) is 11.3 Å². The fraction of sp³-hybridized carbons (Fsp3) is 0.385. The van der Waals surface area contributed by atoms with Gasteiger partial charge in [0.1, 0.15) is 5.76 Å². The number of halogens is 3. The number of aromatic nitrogens is 1. The minimum Gasteiger partial charge on any atom is -0.469 e. The van der Waals surface area contributed by atoms with Crippen molar-refractivity contribution in [3.05, 3.63) is 40.2 Å². The quantitative estimate of drug-likeness (QED) is 0.890. The summed E-state index contributed by atoms with van der Waals surface area (Å²) in [6, 6.07) is 3.52. The lowest BCUT2D eigenvalue weighted by molar-refractivity contribution is -0.140. The molecule has 2 aromatic heterocycles. The van der Waals surface area contributed by atoms with Crippen molar-refractivity contribution in [2.75, 3.05) is 6.54 Å². The predicted octanol–water partition coefficient (Wildman–Crippen LogP) is 3.05. The number of nitrogens with zero attached hydrogens (tertiary/aromatic N) is 1. The van der Waals surface area contributed by atoms with E-state index < -0.39 is 11.9 Å². The van der Waals surface area contributed by atoms with Gasteiger partial charge in [-0.3, -0.25) is 4.79 Å². The molecule has 1 N–H and O–H groups in total. The number of rotatable bonds is 6. The highest BCUT2D eigenvalue weighted by atomic mass is 32.1. The Morgan fingerprint density at radius 1 is 1.38 bits per heavy atom. The van der Waals surface area contributed by atoms with E-state index in [0.29, 0.717) is 11.4 Å². The second-order valence-corrected chi connectivity index (χ2v) is 5.25. The van der Waals surface area contributed by atoms with Crippen LogP contribution in [0.1, 0.15) is 22.9 Å². The molecule has 4 nitrogen and oxygen atoms in total. The molecule has 2 aromatic rings. The SMILES string of the molecule is O=C(CCc1ccco1)NCCc1nc(C(F)(F)F)cs1. The summed E-state index contributed by atoms with van der Waals surface area (Å²) in [5.41, 5.74) is -0.883. The summed E-state index contributed by atoms with van der Waals surface area (Å²) in [5, 5.41) is 3.98. The van der Waals surface area contributed by atoms with E-state index >= 15 is 0 Å². The lowest BCUT2D eigenvalue weighted by Gasteiger charge is -2.03. The highest BCUT2D eigenvalue weighted by Gasteiger charge is 2.33. The minimum absolute atomic E-state index is 0.168. The molecule has 0 spiro atoms. The number of thiazole rings is 1. The van der Waals surface area contributed by atoms with Gasteiger partial charge in [-0.1, -0.05) is 0 Å². The lowest BCUT2D eigenvalue weighted by atomic mass is 10.2. The van der Waals surface area contributed by atoms with Crippen LogP contribution in [-0.4, -0.2) is 17.4 Å². The van der Waals surface area contributed by atoms with E-state index in [1.165, 1.54) is 6.26 Å². The third kappa shape index (κ3) is 4.89. The number of aryl methyl sites for hydroxylation is 1. The van der Waals surface area contributed by atoms with Crippen LogP contribution in [0.4, 0.5) is 13.2 Å². The van der Waals surface area contributed by atoms with Crippen molar-refractivity contribution in [3.8, 4) is 0 Å². The van der Waals surface area contributed by atoms with Gasteiger partial charge < -0.3 is 9.73 Å². The average Bonchev–Trinajstić information content (AvgIpc) is 3.07. The maximum absolute atomic E-state index is 12.4. The topological polar surface area (TPSA) is 55.1 Å². The second kappa shape index (κ2) is 6.75. The second-order valence-electron chi connectivity index (χ2n) is 4.30. The van der Waals surface area contributed by atoms with E-state index in [1.807, 2.05) is 0 Å². The van der Waals surface area contributed by atoms with Crippen LogP contribution in [0.5, 0.6) is 0 Å². The maximum atomic E-state index is 12.4. The van der Waals surface area contributed by atoms with Gasteiger partial charge >= 0.3 is 6.18 Å². The number of hydrogen-bond donors (Lipinski definition) is 1. The maximum Gasteiger partial charge on any atom is 0.434 e. The average molecular weight is 318 g/mol. The Morgan fingerprint density at radius 2 is 2.19 bits per heavy atom. The number of hydrogen-bond acceptors (Lipinski definition) is 4. The first kappa shape index (κ1) is 15.6. The zero-order chi connectivity index (χ0) is 15.3. The minimum atomic E-state index is -4.42. The molecular formula is C13H13F3N2O2S. The van der Waals surface area contributed by atoms with Crippen LogP contribution in [0.3, 0.4) is 0 Å². The van der Waals surface area contributed by atoms with Crippen LogP contribution >= 0.6 is 11.3 Å². The van der Waals surface area contributed by atoms with Gasteiger partial charge in [-0.25, -0.2) is 4.98 Å². The molecular weight excluding hydrogens is 305 g/mol. The molecule has 0 saturated heterocycles. The normalized spacial score (nSPS) is 11.6. The molecule has 0 saturated carbocycles. The molecule has 21 heavy (non-hydrogen) atoms. The first-order chi connectivity index (χ1) is 9.95.